The van der Waals surface area contributed by atoms with Crippen LogP contribution in [-0.2, 0) is 11.2 Å². The van der Waals surface area contributed by atoms with Gasteiger partial charge in [0, 0.05) is 11.4 Å². The van der Waals surface area contributed by atoms with Gasteiger partial charge in [0.25, 0.3) is 0 Å². The molecule has 0 bridgehead atoms. The number of amides is 1. The summed E-state index contributed by atoms with van der Waals surface area (Å²) in [6, 6.07) is 10.1. The van der Waals surface area contributed by atoms with Crippen LogP contribution in [0.4, 0.5) is 0 Å². The van der Waals surface area contributed by atoms with Crippen molar-refractivity contribution in [1.29, 1.82) is 0 Å². The Balaban J connectivity index is 1.79. The molecule has 2 aromatic rings. The minimum atomic E-state index is -0.597. The third-order valence-corrected chi connectivity index (χ3v) is 3.74. The van der Waals surface area contributed by atoms with E-state index in [1.165, 1.54) is 11.3 Å². The molecule has 1 aromatic heterocycles. The number of nitrogens with two attached hydrogens (primary N) is 1. The van der Waals surface area contributed by atoms with Crippen molar-refractivity contribution in [2.24, 2.45) is 5.73 Å². The van der Waals surface area contributed by atoms with Gasteiger partial charge in [-0.05, 0) is 35.6 Å². The van der Waals surface area contributed by atoms with E-state index in [1.807, 2.05) is 29.6 Å². The van der Waals surface area contributed by atoms with E-state index >= 15 is 0 Å². The summed E-state index contributed by atoms with van der Waals surface area (Å²) in [6.45, 7) is 0.530. The van der Waals surface area contributed by atoms with Gasteiger partial charge < -0.3 is 16.2 Å². The van der Waals surface area contributed by atoms with Crippen molar-refractivity contribution in [3.8, 4) is 5.75 Å². The Kier molecular flexibility index (Phi) is 4.54. The van der Waals surface area contributed by atoms with Gasteiger partial charge in [0.05, 0.1) is 0 Å². The molecule has 1 aromatic carbocycles. The molecule has 0 saturated carbocycles. The highest BCUT2D eigenvalue weighted by Crippen LogP contribution is 2.16. The highest BCUT2D eigenvalue weighted by molar-refractivity contribution is 7.10. The minimum Gasteiger partial charge on any atom is -0.508 e. The van der Waals surface area contributed by atoms with Gasteiger partial charge in [0.15, 0.2) is 0 Å². The maximum atomic E-state index is 11.8. The van der Waals surface area contributed by atoms with Gasteiger partial charge in [-0.3, -0.25) is 4.79 Å². The van der Waals surface area contributed by atoms with Crippen LogP contribution >= 0.6 is 11.3 Å². The maximum Gasteiger partial charge on any atom is 0.242 e. The fraction of sp³-hybridized carbons (Fsp3) is 0.214. The molecular formula is C14H16N2O2S. The molecule has 100 valence electrons. The number of benzene rings is 1. The van der Waals surface area contributed by atoms with Crippen LogP contribution < -0.4 is 11.1 Å². The van der Waals surface area contributed by atoms with E-state index in [9.17, 15) is 4.79 Å². The van der Waals surface area contributed by atoms with E-state index in [4.69, 9.17) is 10.8 Å². The normalized spacial score (nSPS) is 12.1. The third kappa shape index (κ3) is 3.81. The second kappa shape index (κ2) is 6.36. The highest BCUT2D eigenvalue weighted by Gasteiger charge is 2.15. The second-order valence-electron chi connectivity index (χ2n) is 4.20. The van der Waals surface area contributed by atoms with Crippen molar-refractivity contribution < 1.29 is 9.90 Å². The van der Waals surface area contributed by atoms with E-state index < -0.39 is 6.04 Å². The Morgan fingerprint density at radius 3 is 2.68 bits per heavy atom. The Morgan fingerprint density at radius 2 is 2.05 bits per heavy atom. The number of thiophene rings is 1. The average Bonchev–Trinajstić information content (AvgIpc) is 2.94. The van der Waals surface area contributed by atoms with Gasteiger partial charge in [-0.25, -0.2) is 0 Å². The number of hydrogen-bond donors (Lipinski definition) is 3. The number of carbonyl (C=O) groups is 1. The monoisotopic (exact) mass is 276 g/mol. The largest absolute Gasteiger partial charge is 0.508 e. The predicted octanol–water partition coefficient (Wildman–Crippen LogP) is 1.81. The van der Waals surface area contributed by atoms with Gasteiger partial charge in [-0.1, -0.05) is 18.2 Å². The summed E-state index contributed by atoms with van der Waals surface area (Å²) in [5, 5.41) is 13.9. The average molecular weight is 276 g/mol. The molecule has 0 spiro atoms. The summed E-state index contributed by atoms with van der Waals surface area (Å²) >= 11 is 1.48. The van der Waals surface area contributed by atoms with E-state index in [1.54, 1.807) is 12.1 Å². The van der Waals surface area contributed by atoms with Crippen LogP contribution in [0, 0.1) is 0 Å². The molecule has 4 nitrogen and oxygen atoms in total. The fourth-order valence-corrected chi connectivity index (χ4v) is 2.43. The number of carbonyl (C=O) groups excluding carboxylic acids is 1. The Morgan fingerprint density at radius 1 is 1.32 bits per heavy atom. The molecule has 19 heavy (non-hydrogen) atoms. The quantitative estimate of drug-likeness (QED) is 0.779. The van der Waals surface area contributed by atoms with Crippen molar-refractivity contribution in [2.45, 2.75) is 12.5 Å². The standard InChI is InChI=1S/C14H16N2O2S/c15-13(12-2-1-9-19-12)14(18)16-8-7-10-3-5-11(17)6-4-10/h1-6,9,13,17H,7-8,15H2,(H,16,18). The highest BCUT2D eigenvalue weighted by atomic mass is 32.1. The molecule has 1 heterocycles. The van der Waals surface area contributed by atoms with Crippen molar-refractivity contribution in [1.82, 2.24) is 5.32 Å². The van der Waals surface area contributed by atoms with Crippen molar-refractivity contribution in [3.63, 3.8) is 0 Å². The van der Waals surface area contributed by atoms with E-state index in [2.05, 4.69) is 5.32 Å². The Hall–Kier alpha value is -1.85. The van der Waals surface area contributed by atoms with Gasteiger partial charge in [-0.15, -0.1) is 11.3 Å². The molecule has 4 N–H and O–H groups in total. The summed E-state index contributed by atoms with van der Waals surface area (Å²) in [5.41, 5.74) is 6.91. The number of nitrogens with one attached hydrogen (secondary N) is 1. The van der Waals surface area contributed by atoms with Gasteiger partial charge >= 0.3 is 0 Å². The third-order valence-electron chi connectivity index (χ3n) is 2.78. The molecule has 2 rings (SSSR count). The SMILES string of the molecule is NC(C(=O)NCCc1ccc(O)cc1)c1cccs1. The number of phenols is 1. The molecule has 1 amide bonds. The summed E-state index contributed by atoms with van der Waals surface area (Å²) < 4.78 is 0. The van der Waals surface area contributed by atoms with Gasteiger partial charge in [0.1, 0.15) is 11.8 Å². The number of aromatic hydroxyl groups is 1. The second-order valence-corrected chi connectivity index (χ2v) is 5.18. The Bertz CT molecular complexity index is 523. The number of phenolic OH excluding ortho intramolecular Hbond substituents is 1. The molecule has 0 aliphatic carbocycles. The van der Waals surface area contributed by atoms with Crippen LogP contribution in [0.25, 0.3) is 0 Å². The molecule has 0 aliphatic rings. The van der Waals surface area contributed by atoms with Crippen LogP contribution in [0.15, 0.2) is 41.8 Å². The molecule has 5 heteroatoms. The van der Waals surface area contributed by atoms with Crippen LogP contribution in [0.5, 0.6) is 5.75 Å². The molecule has 1 atom stereocenters. The Labute approximate surface area is 115 Å². The van der Waals surface area contributed by atoms with E-state index in [-0.39, 0.29) is 11.7 Å². The topological polar surface area (TPSA) is 75.4 Å². The zero-order valence-electron chi connectivity index (χ0n) is 10.4. The first-order valence-electron chi connectivity index (χ1n) is 6.01. The van der Waals surface area contributed by atoms with Crippen LogP contribution in [-0.4, -0.2) is 17.6 Å². The van der Waals surface area contributed by atoms with Crippen molar-refractivity contribution in [3.05, 3.63) is 52.2 Å². The summed E-state index contributed by atoms with van der Waals surface area (Å²) in [5.74, 6) is 0.0775. The molecular weight excluding hydrogens is 260 g/mol. The lowest BCUT2D eigenvalue weighted by Gasteiger charge is -2.10. The predicted molar refractivity (Wildman–Crippen MR) is 76.1 cm³/mol. The van der Waals surface area contributed by atoms with Crippen LogP contribution in [0.2, 0.25) is 0 Å². The smallest absolute Gasteiger partial charge is 0.242 e. The molecule has 0 aliphatic heterocycles. The molecule has 0 fully saturated rings. The molecule has 0 saturated heterocycles. The van der Waals surface area contributed by atoms with E-state index in [0.29, 0.717) is 13.0 Å². The first-order chi connectivity index (χ1) is 9.16. The zero-order chi connectivity index (χ0) is 13.7. The number of rotatable bonds is 5. The van der Waals surface area contributed by atoms with Crippen LogP contribution in [0.1, 0.15) is 16.5 Å². The molecule has 1 unspecified atom stereocenters. The maximum absolute atomic E-state index is 11.8. The summed E-state index contributed by atoms with van der Waals surface area (Å²) in [7, 11) is 0. The van der Waals surface area contributed by atoms with Gasteiger partial charge in [0.2, 0.25) is 5.91 Å². The van der Waals surface area contributed by atoms with Crippen molar-refractivity contribution >= 4 is 17.2 Å². The minimum absolute atomic E-state index is 0.166. The summed E-state index contributed by atoms with van der Waals surface area (Å²) in [4.78, 5) is 12.7. The number of hydrogen-bond acceptors (Lipinski definition) is 4. The van der Waals surface area contributed by atoms with Crippen molar-refractivity contribution in [2.75, 3.05) is 6.54 Å². The van der Waals surface area contributed by atoms with E-state index in [0.717, 1.165) is 10.4 Å². The lowest BCUT2D eigenvalue weighted by Crippen LogP contribution is -2.34. The van der Waals surface area contributed by atoms with Gasteiger partial charge in [-0.2, -0.15) is 0 Å². The lowest BCUT2D eigenvalue weighted by atomic mass is 10.1. The fourth-order valence-electron chi connectivity index (χ4n) is 1.70. The lowest BCUT2D eigenvalue weighted by molar-refractivity contribution is -0.122. The molecule has 0 radical (unpaired) electrons. The first-order valence-corrected chi connectivity index (χ1v) is 6.89. The summed E-state index contributed by atoms with van der Waals surface area (Å²) in [6.07, 6.45) is 0.711. The first kappa shape index (κ1) is 13.6. The van der Waals surface area contributed by atoms with Crippen LogP contribution in [0.3, 0.4) is 0 Å². The zero-order valence-corrected chi connectivity index (χ0v) is 11.2.